The highest BCUT2D eigenvalue weighted by Crippen LogP contribution is 2.72. The zero-order chi connectivity index (χ0) is 23.0. The summed E-state index contributed by atoms with van der Waals surface area (Å²) in [7, 11) is 0. The number of aliphatic hydroxyl groups is 1. The first-order valence-corrected chi connectivity index (χ1v) is 13.1. The van der Waals surface area contributed by atoms with Gasteiger partial charge in [-0.25, -0.2) is 9.78 Å². The number of rotatable bonds is 2. The maximum atomic E-state index is 12.6. The van der Waals surface area contributed by atoms with Gasteiger partial charge in [-0.2, -0.15) is 0 Å². The molecule has 9 atom stereocenters. The van der Waals surface area contributed by atoms with E-state index in [1.807, 2.05) is 24.7 Å². The molecule has 0 aliphatic heterocycles. The Labute approximate surface area is 196 Å². The SMILES string of the molecule is CC1CCC(n2ccnc2)[C@@]2(C)[C@@H]1CC[C@@H]1[C@@H]2CC[C@]2(C)[C@H](c3cccoc3=O)CC[C@]12O. The fourth-order valence-corrected chi connectivity index (χ4v) is 9.77. The second-order valence-electron chi connectivity index (χ2n) is 12.2. The summed E-state index contributed by atoms with van der Waals surface area (Å²) < 4.78 is 7.61. The van der Waals surface area contributed by atoms with Gasteiger partial charge in [-0.05, 0) is 98.5 Å². The van der Waals surface area contributed by atoms with Crippen LogP contribution in [0.2, 0.25) is 0 Å². The van der Waals surface area contributed by atoms with E-state index in [2.05, 4.69) is 36.5 Å². The van der Waals surface area contributed by atoms with Crippen LogP contribution < -0.4 is 5.63 Å². The molecule has 4 aliphatic rings. The Kier molecular flexibility index (Phi) is 4.79. The summed E-state index contributed by atoms with van der Waals surface area (Å²) >= 11 is 0. The van der Waals surface area contributed by atoms with Crippen molar-refractivity contribution in [2.45, 2.75) is 89.7 Å². The highest BCUT2D eigenvalue weighted by Gasteiger charge is 2.69. The van der Waals surface area contributed by atoms with Crippen molar-refractivity contribution in [1.29, 1.82) is 0 Å². The molecule has 2 aromatic rings. The van der Waals surface area contributed by atoms with E-state index in [0.717, 1.165) is 43.6 Å². The summed E-state index contributed by atoms with van der Waals surface area (Å²) in [5.74, 6) is 2.27. The minimum absolute atomic E-state index is 0.0705. The lowest BCUT2D eigenvalue weighted by atomic mass is 9.41. The summed E-state index contributed by atoms with van der Waals surface area (Å²) in [5.41, 5.74) is -0.318. The molecule has 178 valence electrons. The summed E-state index contributed by atoms with van der Waals surface area (Å²) in [5, 5.41) is 12.5. The second kappa shape index (κ2) is 7.31. The third-order valence-electron chi connectivity index (χ3n) is 11.4. The fraction of sp³-hybridized carbons (Fsp3) is 0.714. The first-order valence-electron chi connectivity index (χ1n) is 13.1. The van der Waals surface area contributed by atoms with Gasteiger partial charge in [-0.1, -0.05) is 20.8 Å². The molecule has 2 aromatic heterocycles. The minimum atomic E-state index is -0.725. The molecule has 5 nitrogen and oxygen atoms in total. The third kappa shape index (κ3) is 2.75. The van der Waals surface area contributed by atoms with Gasteiger partial charge >= 0.3 is 5.63 Å². The Hall–Kier alpha value is -1.88. The lowest BCUT2D eigenvalue weighted by molar-refractivity contribution is -0.216. The average Bonchev–Trinajstić information content (AvgIpc) is 3.41. The molecular formula is C28H38N2O3. The Morgan fingerprint density at radius 2 is 1.88 bits per heavy atom. The van der Waals surface area contributed by atoms with Crippen molar-refractivity contribution < 1.29 is 9.52 Å². The van der Waals surface area contributed by atoms with Crippen molar-refractivity contribution >= 4 is 0 Å². The molecule has 0 bridgehead atoms. The summed E-state index contributed by atoms with van der Waals surface area (Å²) in [6.07, 6.45) is 16.1. The standard InChI is InChI=1S/C28H38N2O3/c1-18-6-9-24(30-15-14-29-17-30)27(3)20(18)7-8-23-22(27)10-12-26(2)21(11-13-28(23,26)32)19-5-4-16-33-25(19)31/h4-5,14-18,20-24,32H,6-13H2,1-3H3/t18?,20-,21+,22+,23-,24?,26-,27+,28+/m1/s1. The number of aromatic nitrogens is 2. The summed E-state index contributed by atoms with van der Waals surface area (Å²) in [6, 6.07) is 4.20. The van der Waals surface area contributed by atoms with Crippen molar-refractivity contribution in [2.75, 3.05) is 0 Å². The molecule has 2 unspecified atom stereocenters. The van der Waals surface area contributed by atoms with E-state index in [1.54, 1.807) is 0 Å². The Morgan fingerprint density at radius 1 is 1.06 bits per heavy atom. The summed E-state index contributed by atoms with van der Waals surface area (Å²) in [6.45, 7) is 7.26. The molecule has 6 rings (SSSR count). The molecule has 0 saturated heterocycles. The van der Waals surface area contributed by atoms with E-state index >= 15 is 0 Å². The Morgan fingerprint density at radius 3 is 2.64 bits per heavy atom. The number of hydrogen-bond acceptors (Lipinski definition) is 4. The average molecular weight is 451 g/mol. The lowest BCUT2D eigenvalue weighted by Crippen LogP contribution is -2.63. The molecule has 2 heterocycles. The lowest BCUT2D eigenvalue weighted by Gasteiger charge is -2.66. The molecule has 0 amide bonds. The largest absolute Gasteiger partial charge is 0.431 e. The molecule has 33 heavy (non-hydrogen) atoms. The van der Waals surface area contributed by atoms with Crippen molar-refractivity contribution in [3.05, 3.63) is 53.1 Å². The van der Waals surface area contributed by atoms with E-state index in [1.165, 1.54) is 25.5 Å². The van der Waals surface area contributed by atoms with Crippen LogP contribution in [0.15, 0.2) is 46.3 Å². The van der Waals surface area contributed by atoms with Gasteiger partial charge in [0.15, 0.2) is 0 Å². The normalized spacial score (nSPS) is 46.9. The Bertz CT molecular complexity index is 1080. The van der Waals surface area contributed by atoms with Crippen LogP contribution in [0.5, 0.6) is 0 Å². The van der Waals surface area contributed by atoms with Gasteiger partial charge in [0, 0.05) is 29.4 Å². The maximum Gasteiger partial charge on any atom is 0.339 e. The molecule has 0 spiro atoms. The van der Waals surface area contributed by atoms with Gasteiger partial charge < -0.3 is 14.1 Å². The predicted molar refractivity (Wildman–Crippen MR) is 127 cm³/mol. The zero-order valence-corrected chi connectivity index (χ0v) is 20.2. The summed E-state index contributed by atoms with van der Waals surface area (Å²) in [4.78, 5) is 17.0. The molecule has 1 N–H and O–H groups in total. The van der Waals surface area contributed by atoms with Crippen molar-refractivity contribution in [1.82, 2.24) is 9.55 Å². The van der Waals surface area contributed by atoms with Gasteiger partial charge in [0.05, 0.1) is 18.2 Å². The number of hydrogen-bond donors (Lipinski definition) is 1. The molecule has 5 heteroatoms. The number of fused-ring (bicyclic) bond motifs is 5. The van der Waals surface area contributed by atoms with Crippen molar-refractivity contribution in [3.8, 4) is 0 Å². The highest BCUT2D eigenvalue weighted by atomic mass is 16.4. The van der Waals surface area contributed by atoms with Crippen molar-refractivity contribution in [2.24, 2.45) is 34.5 Å². The fourth-order valence-electron chi connectivity index (χ4n) is 9.77. The van der Waals surface area contributed by atoms with Crippen LogP contribution in [0.25, 0.3) is 0 Å². The monoisotopic (exact) mass is 450 g/mol. The molecular weight excluding hydrogens is 412 g/mol. The first-order chi connectivity index (χ1) is 15.8. The van der Waals surface area contributed by atoms with E-state index in [-0.39, 0.29) is 28.3 Å². The topological polar surface area (TPSA) is 68.3 Å². The van der Waals surface area contributed by atoms with Crippen LogP contribution in [-0.2, 0) is 0 Å². The van der Waals surface area contributed by atoms with E-state index in [9.17, 15) is 9.90 Å². The minimum Gasteiger partial charge on any atom is -0.431 e. The highest BCUT2D eigenvalue weighted by molar-refractivity contribution is 5.27. The zero-order valence-electron chi connectivity index (χ0n) is 20.2. The van der Waals surface area contributed by atoms with E-state index in [0.29, 0.717) is 17.9 Å². The van der Waals surface area contributed by atoms with Gasteiger partial charge in [0.1, 0.15) is 0 Å². The third-order valence-corrected chi connectivity index (χ3v) is 11.4. The second-order valence-corrected chi connectivity index (χ2v) is 12.2. The van der Waals surface area contributed by atoms with Gasteiger partial charge in [0.2, 0.25) is 0 Å². The van der Waals surface area contributed by atoms with E-state index in [4.69, 9.17) is 4.42 Å². The van der Waals surface area contributed by atoms with Crippen molar-refractivity contribution in [3.63, 3.8) is 0 Å². The van der Waals surface area contributed by atoms with Crippen LogP contribution in [0.1, 0.15) is 89.7 Å². The molecule has 4 aliphatic carbocycles. The van der Waals surface area contributed by atoms with Crippen LogP contribution in [0, 0.1) is 34.5 Å². The first kappa shape index (κ1) is 21.6. The van der Waals surface area contributed by atoms with Crippen LogP contribution in [0.4, 0.5) is 0 Å². The predicted octanol–water partition coefficient (Wildman–Crippen LogP) is 5.56. The molecule has 4 fully saturated rings. The maximum absolute atomic E-state index is 12.6. The van der Waals surface area contributed by atoms with Gasteiger partial charge in [-0.3, -0.25) is 0 Å². The van der Waals surface area contributed by atoms with E-state index < -0.39 is 5.60 Å². The molecule has 4 saturated carbocycles. The Balaban J connectivity index is 1.41. The van der Waals surface area contributed by atoms with Gasteiger partial charge in [0.25, 0.3) is 0 Å². The van der Waals surface area contributed by atoms with Crippen LogP contribution in [0.3, 0.4) is 0 Å². The smallest absolute Gasteiger partial charge is 0.339 e. The number of nitrogens with zero attached hydrogens (tertiary/aromatic N) is 2. The quantitative estimate of drug-likeness (QED) is 0.650. The van der Waals surface area contributed by atoms with Crippen LogP contribution >= 0.6 is 0 Å². The molecule has 0 aromatic carbocycles. The van der Waals surface area contributed by atoms with Crippen LogP contribution in [-0.4, -0.2) is 20.3 Å². The molecule has 0 radical (unpaired) electrons. The number of imidazole rings is 1. The van der Waals surface area contributed by atoms with Gasteiger partial charge in [-0.15, -0.1) is 0 Å².